The standard InChI is InChI=1S/C14H25N3O/c1-11(2)18-10-12(15)9-13-7-8-17(16-13)14-5-3-4-6-14/h7-8,11-12,14H,3-6,9-10,15H2,1-2H3. The van der Waals surface area contributed by atoms with Gasteiger partial charge in [-0.05, 0) is 32.8 Å². The molecule has 1 aliphatic carbocycles. The lowest BCUT2D eigenvalue weighted by Gasteiger charge is -2.13. The van der Waals surface area contributed by atoms with Gasteiger partial charge in [0.05, 0.1) is 24.4 Å². The maximum absolute atomic E-state index is 6.04. The molecule has 1 atom stereocenters. The van der Waals surface area contributed by atoms with Gasteiger partial charge in [0.25, 0.3) is 0 Å². The summed E-state index contributed by atoms with van der Waals surface area (Å²) in [6, 6.07) is 2.74. The lowest BCUT2D eigenvalue weighted by atomic mass is 10.2. The minimum absolute atomic E-state index is 0.0410. The molecule has 2 N–H and O–H groups in total. The molecule has 1 heterocycles. The van der Waals surface area contributed by atoms with Gasteiger partial charge in [-0.3, -0.25) is 4.68 Å². The molecule has 4 nitrogen and oxygen atoms in total. The number of hydrogen-bond donors (Lipinski definition) is 1. The van der Waals surface area contributed by atoms with Crippen molar-refractivity contribution in [1.29, 1.82) is 0 Å². The molecule has 1 saturated carbocycles. The molecule has 0 saturated heterocycles. The van der Waals surface area contributed by atoms with Gasteiger partial charge in [0, 0.05) is 18.7 Å². The SMILES string of the molecule is CC(C)OCC(N)Cc1ccn(C2CCCC2)n1. The summed E-state index contributed by atoms with van der Waals surface area (Å²) in [5.41, 5.74) is 7.13. The molecule has 1 unspecified atom stereocenters. The number of rotatable bonds is 6. The lowest BCUT2D eigenvalue weighted by Crippen LogP contribution is -2.30. The highest BCUT2D eigenvalue weighted by Gasteiger charge is 2.18. The van der Waals surface area contributed by atoms with Crippen molar-refractivity contribution in [1.82, 2.24) is 9.78 Å². The van der Waals surface area contributed by atoms with Gasteiger partial charge in [-0.15, -0.1) is 0 Å². The summed E-state index contributed by atoms with van der Waals surface area (Å²) in [6.45, 7) is 4.66. The Hall–Kier alpha value is -0.870. The number of ether oxygens (including phenoxy) is 1. The summed E-state index contributed by atoms with van der Waals surface area (Å²) < 4.78 is 7.65. The van der Waals surface area contributed by atoms with E-state index in [1.54, 1.807) is 0 Å². The second kappa shape index (κ2) is 6.34. The molecule has 4 heteroatoms. The Morgan fingerprint density at radius 2 is 2.17 bits per heavy atom. The van der Waals surface area contributed by atoms with Crippen molar-refractivity contribution in [2.45, 2.75) is 64.1 Å². The predicted octanol–water partition coefficient (Wildman–Crippen LogP) is 2.29. The Bertz CT molecular complexity index is 356. The van der Waals surface area contributed by atoms with Crippen molar-refractivity contribution in [3.8, 4) is 0 Å². The summed E-state index contributed by atoms with van der Waals surface area (Å²) in [5, 5.41) is 4.64. The quantitative estimate of drug-likeness (QED) is 0.844. The first-order chi connectivity index (χ1) is 8.65. The van der Waals surface area contributed by atoms with E-state index in [1.807, 2.05) is 13.8 Å². The molecule has 1 aromatic heterocycles. The number of nitrogens with zero attached hydrogens (tertiary/aromatic N) is 2. The number of aromatic nitrogens is 2. The molecule has 1 aromatic rings. The van der Waals surface area contributed by atoms with Crippen molar-refractivity contribution < 1.29 is 4.74 Å². The Morgan fingerprint density at radius 1 is 1.44 bits per heavy atom. The van der Waals surface area contributed by atoms with Crippen LogP contribution in [0.15, 0.2) is 12.3 Å². The van der Waals surface area contributed by atoms with Gasteiger partial charge in [-0.1, -0.05) is 12.8 Å². The first kappa shape index (κ1) is 13.6. The van der Waals surface area contributed by atoms with Gasteiger partial charge in [0.2, 0.25) is 0 Å². The first-order valence-corrected chi connectivity index (χ1v) is 7.06. The Labute approximate surface area is 110 Å². The van der Waals surface area contributed by atoms with Crippen LogP contribution in [-0.2, 0) is 11.2 Å². The van der Waals surface area contributed by atoms with Gasteiger partial charge >= 0.3 is 0 Å². The zero-order valence-corrected chi connectivity index (χ0v) is 11.5. The minimum Gasteiger partial charge on any atom is -0.377 e. The Balaban J connectivity index is 1.82. The van der Waals surface area contributed by atoms with Crippen LogP contribution in [0.5, 0.6) is 0 Å². The van der Waals surface area contributed by atoms with E-state index in [9.17, 15) is 0 Å². The first-order valence-electron chi connectivity index (χ1n) is 7.06. The molecular formula is C14H25N3O. The molecule has 18 heavy (non-hydrogen) atoms. The monoisotopic (exact) mass is 251 g/mol. The van der Waals surface area contributed by atoms with E-state index < -0.39 is 0 Å². The van der Waals surface area contributed by atoms with Gasteiger partial charge in [0.15, 0.2) is 0 Å². The minimum atomic E-state index is 0.0410. The van der Waals surface area contributed by atoms with Crippen LogP contribution in [0.25, 0.3) is 0 Å². The number of hydrogen-bond acceptors (Lipinski definition) is 3. The van der Waals surface area contributed by atoms with Crippen molar-refractivity contribution in [2.75, 3.05) is 6.61 Å². The van der Waals surface area contributed by atoms with Crippen molar-refractivity contribution >= 4 is 0 Å². The maximum atomic E-state index is 6.04. The van der Waals surface area contributed by atoms with Gasteiger partial charge in [-0.2, -0.15) is 5.10 Å². The largest absolute Gasteiger partial charge is 0.377 e. The molecule has 2 rings (SSSR count). The summed E-state index contributed by atoms with van der Waals surface area (Å²) >= 11 is 0. The molecule has 0 bridgehead atoms. The fraction of sp³-hybridized carbons (Fsp3) is 0.786. The van der Waals surface area contributed by atoms with E-state index in [0.717, 1.165) is 12.1 Å². The topological polar surface area (TPSA) is 53.1 Å². The van der Waals surface area contributed by atoms with Crippen molar-refractivity contribution in [2.24, 2.45) is 5.73 Å². The zero-order valence-electron chi connectivity index (χ0n) is 11.5. The second-order valence-corrected chi connectivity index (χ2v) is 5.57. The third-order valence-electron chi connectivity index (χ3n) is 3.48. The van der Waals surface area contributed by atoms with Crippen molar-refractivity contribution in [3.05, 3.63) is 18.0 Å². The predicted molar refractivity (Wildman–Crippen MR) is 72.5 cm³/mol. The second-order valence-electron chi connectivity index (χ2n) is 5.57. The highest BCUT2D eigenvalue weighted by Crippen LogP contribution is 2.28. The fourth-order valence-electron chi connectivity index (χ4n) is 2.50. The van der Waals surface area contributed by atoms with E-state index in [4.69, 9.17) is 10.5 Å². The number of nitrogens with two attached hydrogens (primary N) is 1. The average molecular weight is 251 g/mol. The summed E-state index contributed by atoms with van der Waals surface area (Å²) in [7, 11) is 0. The molecule has 0 aliphatic heterocycles. The molecular weight excluding hydrogens is 226 g/mol. The fourth-order valence-corrected chi connectivity index (χ4v) is 2.50. The van der Waals surface area contributed by atoms with E-state index in [1.165, 1.54) is 25.7 Å². The van der Waals surface area contributed by atoms with Crippen molar-refractivity contribution in [3.63, 3.8) is 0 Å². The van der Waals surface area contributed by atoms with Crippen LogP contribution in [0, 0.1) is 0 Å². The van der Waals surface area contributed by atoms with Crippen LogP contribution in [0.3, 0.4) is 0 Å². The molecule has 0 spiro atoms. The smallest absolute Gasteiger partial charge is 0.0641 e. The molecule has 1 fully saturated rings. The van der Waals surface area contributed by atoms with E-state index in [0.29, 0.717) is 12.6 Å². The maximum Gasteiger partial charge on any atom is 0.0641 e. The zero-order chi connectivity index (χ0) is 13.0. The summed E-state index contributed by atoms with van der Waals surface area (Å²) in [5.74, 6) is 0. The molecule has 0 radical (unpaired) electrons. The van der Waals surface area contributed by atoms with Crippen LogP contribution < -0.4 is 5.73 Å². The summed E-state index contributed by atoms with van der Waals surface area (Å²) in [6.07, 6.45) is 8.34. The van der Waals surface area contributed by atoms with Crippen LogP contribution in [0.4, 0.5) is 0 Å². The average Bonchev–Trinajstić information content (AvgIpc) is 2.95. The van der Waals surface area contributed by atoms with Crippen LogP contribution in [-0.4, -0.2) is 28.5 Å². The van der Waals surface area contributed by atoms with Crippen LogP contribution in [0.2, 0.25) is 0 Å². The van der Waals surface area contributed by atoms with Gasteiger partial charge in [0.1, 0.15) is 0 Å². The highest BCUT2D eigenvalue weighted by atomic mass is 16.5. The summed E-state index contributed by atoms with van der Waals surface area (Å²) in [4.78, 5) is 0. The normalized spacial score (nSPS) is 18.7. The van der Waals surface area contributed by atoms with Crippen LogP contribution >= 0.6 is 0 Å². The molecule has 0 amide bonds. The third-order valence-corrected chi connectivity index (χ3v) is 3.48. The Kier molecular flexibility index (Phi) is 4.78. The van der Waals surface area contributed by atoms with E-state index in [-0.39, 0.29) is 12.1 Å². The Morgan fingerprint density at radius 3 is 2.83 bits per heavy atom. The molecule has 0 aromatic carbocycles. The lowest BCUT2D eigenvalue weighted by molar-refractivity contribution is 0.0682. The van der Waals surface area contributed by atoms with Crippen LogP contribution in [0.1, 0.15) is 51.3 Å². The molecule has 102 valence electrons. The molecule has 1 aliphatic rings. The van der Waals surface area contributed by atoms with Gasteiger partial charge in [-0.25, -0.2) is 0 Å². The van der Waals surface area contributed by atoms with Gasteiger partial charge < -0.3 is 10.5 Å². The van der Waals surface area contributed by atoms with E-state index >= 15 is 0 Å². The third kappa shape index (κ3) is 3.82. The van der Waals surface area contributed by atoms with E-state index in [2.05, 4.69) is 22.0 Å². The highest BCUT2D eigenvalue weighted by molar-refractivity contribution is 5.02.